The molecule has 1 aromatic rings. The highest BCUT2D eigenvalue weighted by atomic mass is 32.2. The molecule has 1 aliphatic rings. The highest BCUT2D eigenvalue weighted by molar-refractivity contribution is 7.86. The summed E-state index contributed by atoms with van der Waals surface area (Å²) < 4.78 is 29.5. The van der Waals surface area contributed by atoms with Crippen molar-refractivity contribution in [2.24, 2.45) is 0 Å². The highest BCUT2D eigenvalue weighted by Crippen LogP contribution is 2.45. The molecule has 0 aliphatic carbocycles. The minimum atomic E-state index is -4.17. The van der Waals surface area contributed by atoms with Gasteiger partial charge in [0.2, 0.25) is 5.54 Å². The molecule has 1 N–H and O–H groups in total. The quantitative estimate of drug-likeness (QED) is 0.598. The lowest BCUT2D eigenvalue weighted by atomic mass is 9.90. The van der Waals surface area contributed by atoms with Gasteiger partial charge in [0.15, 0.2) is 0 Å². The molecule has 1 fully saturated rings. The average molecular weight is 399 g/mol. The van der Waals surface area contributed by atoms with E-state index in [2.05, 4.69) is 0 Å². The van der Waals surface area contributed by atoms with E-state index in [1.165, 1.54) is 19.1 Å². The highest BCUT2D eigenvalue weighted by Gasteiger charge is 2.67. The fraction of sp³-hybridized carbons (Fsp3) is 0.556. The van der Waals surface area contributed by atoms with Gasteiger partial charge in [-0.05, 0) is 39.8 Å². The maximum atomic E-state index is 12.6. The molecule has 3 atom stereocenters. The van der Waals surface area contributed by atoms with E-state index < -0.39 is 43.8 Å². The van der Waals surface area contributed by atoms with E-state index in [0.29, 0.717) is 0 Å². The van der Waals surface area contributed by atoms with Crippen LogP contribution in [0, 0.1) is 6.92 Å². The Labute approximate surface area is 159 Å². The second kappa shape index (κ2) is 6.57. The molecule has 0 bridgehead atoms. The van der Waals surface area contributed by atoms with Crippen molar-refractivity contribution in [3.05, 3.63) is 29.8 Å². The van der Waals surface area contributed by atoms with Crippen LogP contribution < -0.4 is 5.11 Å². The number of quaternary nitrogens is 1. The van der Waals surface area contributed by atoms with Crippen LogP contribution in [0.2, 0.25) is 0 Å². The minimum absolute atomic E-state index is 0.0701. The number of likely N-dealkylation sites (tertiary alicyclic amines) is 1. The summed E-state index contributed by atoms with van der Waals surface area (Å²) in [6.07, 6.45) is -2.97. The maximum Gasteiger partial charge on any atom is 0.366 e. The zero-order chi connectivity index (χ0) is 20.8. The molecule has 1 aliphatic heterocycles. The molecule has 1 amide bonds. The van der Waals surface area contributed by atoms with Gasteiger partial charge < -0.3 is 15.0 Å². The fourth-order valence-corrected chi connectivity index (χ4v) is 5.06. The van der Waals surface area contributed by atoms with Gasteiger partial charge in [-0.1, -0.05) is 17.7 Å². The second-order valence-corrected chi connectivity index (χ2v) is 9.77. The van der Waals surface area contributed by atoms with Crippen molar-refractivity contribution in [2.45, 2.75) is 63.1 Å². The van der Waals surface area contributed by atoms with Gasteiger partial charge >= 0.3 is 5.97 Å². The molecule has 1 heterocycles. The van der Waals surface area contributed by atoms with Crippen LogP contribution >= 0.6 is 0 Å². The van der Waals surface area contributed by atoms with Crippen molar-refractivity contribution in [1.82, 2.24) is 0 Å². The first-order valence-corrected chi connectivity index (χ1v) is 9.91. The summed E-state index contributed by atoms with van der Waals surface area (Å²) >= 11 is 0. The summed E-state index contributed by atoms with van der Waals surface area (Å²) in [4.78, 5) is 24.0. The molecule has 9 heteroatoms. The zero-order valence-corrected chi connectivity index (χ0v) is 16.9. The van der Waals surface area contributed by atoms with Crippen molar-refractivity contribution in [3.63, 3.8) is 0 Å². The Morgan fingerprint density at radius 1 is 1.26 bits per heavy atom. The lowest BCUT2D eigenvalue weighted by Crippen LogP contribution is -2.76. The zero-order valence-electron chi connectivity index (χ0n) is 16.1. The third-order valence-electron chi connectivity index (χ3n) is 5.44. The number of nitrogens with zero attached hydrogens (tertiary/aromatic N) is 1. The number of carboxylic acids is 1. The number of benzene rings is 1. The Kier molecular flexibility index (Phi) is 5.19. The van der Waals surface area contributed by atoms with Gasteiger partial charge in [0.25, 0.3) is 16.2 Å². The number of carbonyl (C=O) groups is 2. The van der Waals surface area contributed by atoms with Crippen molar-refractivity contribution in [3.8, 4) is 0 Å². The molecule has 8 nitrogen and oxygen atoms in total. The number of amides is 1. The molecule has 2 rings (SSSR count). The Bertz CT molecular complexity index is 857. The second-order valence-electron chi connectivity index (χ2n) is 8.20. The number of rotatable bonds is 4. The summed E-state index contributed by atoms with van der Waals surface area (Å²) in [6.45, 7) is 7.52. The average Bonchev–Trinajstić information content (AvgIpc) is 2.81. The normalized spacial score (nSPS) is 28.9. The van der Waals surface area contributed by atoms with Gasteiger partial charge in [0.05, 0.1) is 10.4 Å². The minimum Gasteiger partial charge on any atom is -0.498 e. The number of aliphatic carboxylic acids is 1. The SMILES string of the molecule is Cc1ccc(S(=O)(=O)O[C@@H]2C[C@@](C)(C(=O)O)[N+](C(=O)[O-])(C(C)(C)C)C2)cc1. The lowest BCUT2D eigenvalue weighted by Gasteiger charge is -2.52. The van der Waals surface area contributed by atoms with Crippen LogP contribution in [0.4, 0.5) is 4.79 Å². The van der Waals surface area contributed by atoms with Crippen molar-refractivity contribution in [1.29, 1.82) is 0 Å². The molecule has 1 aromatic carbocycles. The maximum absolute atomic E-state index is 12.6. The van der Waals surface area contributed by atoms with Crippen LogP contribution in [0.1, 0.15) is 39.7 Å². The standard InChI is InChI=1S/C18H25NO7S/c1-12-6-8-14(9-7-12)27(24,25)26-13-10-18(5,15(20)21)19(11-13,16(22)23)17(2,3)4/h6-9,13H,10-11H2,1-5H3,(H-,20,21,22,23)/t13-,18+,19?/m1/s1. The van der Waals surface area contributed by atoms with E-state index in [0.717, 1.165) is 5.56 Å². The Balaban J connectivity index is 2.46. The third-order valence-corrected chi connectivity index (χ3v) is 6.81. The lowest BCUT2D eigenvalue weighted by molar-refractivity contribution is -0.944. The molecule has 27 heavy (non-hydrogen) atoms. The van der Waals surface area contributed by atoms with E-state index >= 15 is 0 Å². The van der Waals surface area contributed by atoms with Gasteiger partial charge in [0, 0.05) is 13.3 Å². The van der Waals surface area contributed by atoms with E-state index in [1.54, 1.807) is 32.9 Å². The van der Waals surface area contributed by atoms with Crippen molar-refractivity contribution in [2.75, 3.05) is 6.54 Å². The summed E-state index contributed by atoms with van der Waals surface area (Å²) in [7, 11) is -4.17. The van der Waals surface area contributed by atoms with E-state index in [-0.39, 0.29) is 17.9 Å². The molecule has 0 aromatic heterocycles. The molecule has 150 valence electrons. The molecule has 1 unspecified atom stereocenters. The van der Waals surface area contributed by atoms with Crippen LogP contribution in [0.25, 0.3) is 0 Å². The smallest absolute Gasteiger partial charge is 0.366 e. The largest absolute Gasteiger partial charge is 0.498 e. The molecular formula is C18H25NO7S. The van der Waals surface area contributed by atoms with Gasteiger partial charge in [-0.2, -0.15) is 8.42 Å². The molecule has 0 spiro atoms. The molecule has 1 saturated heterocycles. The summed E-state index contributed by atoms with van der Waals surface area (Å²) in [5.41, 5.74) is -1.99. The van der Waals surface area contributed by atoms with Crippen LogP contribution in [0.3, 0.4) is 0 Å². The number of hydrogen-bond donors (Lipinski definition) is 1. The van der Waals surface area contributed by atoms with Gasteiger partial charge in [-0.25, -0.2) is 4.79 Å². The van der Waals surface area contributed by atoms with E-state index in [1.807, 2.05) is 6.92 Å². The summed E-state index contributed by atoms with van der Waals surface area (Å²) in [6, 6.07) is 6.01. The van der Waals surface area contributed by atoms with Crippen LogP contribution in [-0.4, -0.2) is 53.8 Å². The van der Waals surface area contributed by atoms with Gasteiger partial charge in [-0.3, -0.25) is 8.67 Å². The molecule has 0 radical (unpaired) electrons. The molecular weight excluding hydrogens is 374 g/mol. The number of hydrogen-bond acceptors (Lipinski definition) is 6. The Hall–Kier alpha value is -1.97. The van der Waals surface area contributed by atoms with Crippen LogP contribution in [0.15, 0.2) is 29.2 Å². The third kappa shape index (κ3) is 3.35. The van der Waals surface area contributed by atoms with Crippen molar-refractivity contribution >= 4 is 22.2 Å². The Morgan fingerprint density at radius 2 is 1.78 bits per heavy atom. The predicted molar refractivity (Wildman–Crippen MR) is 94.2 cm³/mol. The Morgan fingerprint density at radius 3 is 2.15 bits per heavy atom. The molecule has 0 saturated carbocycles. The predicted octanol–water partition coefficient (Wildman–Crippen LogP) is 1.27. The van der Waals surface area contributed by atoms with Gasteiger partial charge in [-0.15, -0.1) is 0 Å². The monoisotopic (exact) mass is 399 g/mol. The summed E-state index contributed by atoms with van der Waals surface area (Å²) in [5, 5.41) is 21.9. The van der Waals surface area contributed by atoms with E-state index in [9.17, 15) is 28.2 Å². The first kappa shape index (κ1) is 21.3. The fourth-order valence-electron chi connectivity index (χ4n) is 3.99. The number of carboxylic acid groups (broad SMARTS) is 2. The number of carbonyl (C=O) groups excluding carboxylic acids is 1. The first-order valence-electron chi connectivity index (χ1n) is 8.50. The first-order chi connectivity index (χ1) is 12.2. The number of aryl methyl sites for hydroxylation is 1. The van der Waals surface area contributed by atoms with Gasteiger partial charge in [0.1, 0.15) is 12.6 Å². The van der Waals surface area contributed by atoms with Crippen LogP contribution in [0.5, 0.6) is 0 Å². The van der Waals surface area contributed by atoms with Crippen LogP contribution in [-0.2, 0) is 19.1 Å². The van der Waals surface area contributed by atoms with E-state index in [4.69, 9.17) is 4.18 Å². The summed E-state index contributed by atoms with van der Waals surface area (Å²) in [5.74, 6) is -1.35. The topological polar surface area (TPSA) is 121 Å². The van der Waals surface area contributed by atoms with Crippen molar-refractivity contribution < 1.29 is 36.9 Å².